The zero-order valence-electron chi connectivity index (χ0n) is 19.1. The maximum absolute atomic E-state index is 14.7. The van der Waals surface area contributed by atoms with Crippen molar-refractivity contribution in [3.05, 3.63) is 106 Å². The average molecular weight is 463 g/mol. The van der Waals surface area contributed by atoms with Crippen molar-refractivity contribution in [2.45, 2.75) is 38.5 Å². The molecule has 0 spiro atoms. The molecule has 2 atom stereocenters. The highest BCUT2D eigenvalue weighted by molar-refractivity contribution is 6.30. The van der Waals surface area contributed by atoms with Gasteiger partial charge in [0.05, 0.1) is 5.52 Å². The first kappa shape index (κ1) is 23.1. The van der Waals surface area contributed by atoms with Crippen LogP contribution in [-0.2, 0) is 0 Å². The van der Waals surface area contributed by atoms with E-state index in [2.05, 4.69) is 29.4 Å². The highest BCUT2D eigenvalue weighted by Crippen LogP contribution is 2.44. The molecule has 170 valence electrons. The lowest BCUT2D eigenvalue weighted by atomic mass is 9.75. The van der Waals surface area contributed by atoms with Crippen molar-refractivity contribution < 1.29 is 9.18 Å². The fourth-order valence-electron chi connectivity index (χ4n) is 4.76. The van der Waals surface area contributed by atoms with Crippen LogP contribution in [0.25, 0.3) is 10.9 Å². The van der Waals surface area contributed by atoms with Crippen LogP contribution in [0.2, 0.25) is 5.02 Å². The van der Waals surface area contributed by atoms with Gasteiger partial charge in [-0.05, 0) is 77.9 Å². The van der Waals surface area contributed by atoms with Gasteiger partial charge in [0.1, 0.15) is 5.82 Å². The van der Waals surface area contributed by atoms with Gasteiger partial charge in [-0.2, -0.15) is 0 Å². The number of hydrogen-bond acceptors (Lipinski definition) is 1. The molecule has 33 heavy (non-hydrogen) atoms. The number of nitrogens with one attached hydrogen (secondary N) is 2. The number of amides is 1. The van der Waals surface area contributed by atoms with E-state index in [-0.39, 0.29) is 23.6 Å². The van der Waals surface area contributed by atoms with E-state index in [4.69, 9.17) is 11.6 Å². The van der Waals surface area contributed by atoms with Gasteiger partial charge in [0.15, 0.2) is 0 Å². The molecule has 0 aliphatic rings. The van der Waals surface area contributed by atoms with Crippen molar-refractivity contribution in [3.8, 4) is 0 Å². The summed E-state index contributed by atoms with van der Waals surface area (Å²) in [6, 6.07) is 19.3. The van der Waals surface area contributed by atoms with Crippen LogP contribution in [0.1, 0.15) is 64.2 Å². The number of aromatic nitrogens is 1. The Hall–Kier alpha value is -3.11. The Bertz CT molecular complexity index is 1260. The van der Waals surface area contributed by atoms with E-state index in [1.165, 1.54) is 0 Å². The van der Waals surface area contributed by atoms with Crippen LogP contribution in [-0.4, -0.2) is 17.9 Å². The van der Waals surface area contributed by atoms with Gasteiger partial charge in [-0.1, -0.05) is 49.2 Å². The van der Waals surface area contributed by atoms with Crippen LogP contribution in [0, 0.1) is 12.7 Å². The van der Waals surface area contributed by atoms with Crippen LogP contribution in [0.5, 0.6) is 0 Å². The van der Waals surface area contributed by atoms with Crippen LogP contribution in [0.3, 0.4) is 0 Å². The second-order valence-corrected chi connectivity index (χ2v) is 8.98. The molecule has 1 heterocycles. The summed E-state index contributed by atoms with van der Waals surface area (Å²) >= 11 is 6.20. The summed E-state index contributed by atoms with van der Waals surface area (Å²) in [6.45, 7) is 4.08. The lowest BCUT2D eigenvalue weighted by Gasteiger charge is -2.28. The second-order valence-electron chi connectivity index (χ2n) is 8.54. The predicted molar refractivity (Wildman–Crippen MR) is 134 cm³/mol. The number of benzene rings is 3. The van der Waals surface area contributed by atoms with Crippen LogP contribution in [0.15, 0.2) is 66.9 Å². The first-order chi connectivity index (χ1) is 15.9. The monoisotopic (exact) mass is 462 g/mol. The van der Waals surface area contributed by atoms with E-state index in [9.17, 15) is 9.18 Å². The minimum absolute atomic E-state index is 0.0111. The van der Waals surface area contributed by atoms with Crippen LogP contribution in [0.4, 0.5) is 4.39 Å². The van der Waals surface area contributed by atoms with Crippen molar-refractivity contribution in [3.63, 3.8) is 0 Å². The molecule has 1 amide bonds. The number of halogens is 2. The Morgan fingerprint density at radius 2 is 1.73 bits per heavy atom. The fraction of sp³-hybridized carbons (Fsp3) is 0.250. The molecular formula is C28H28ClFN2O. The molecule has 0 saturated heterocycles. The van der Waals surface area contributed by atoms with Gasteiger partial charge >= 0.3 is 0 Å². The topological polar surface area (TPSA) is 44.9 Å². The van der Waals surface area contributed by atoms with E-state index in [0.717, 1.165) is 40.5 Å². The molecule has 0 aliphatic carbocycles. The highest BCUT2D eigenvalue weighted by Gasteiger charge is 2.29. The van der Waals surface area contributed by atoms with Crippen LogP contribution < -0.4 is 5.32 Å². The number of carbonyl (C=O) groups is 1. The molecule has 1 aromatic heterocycles. The second kappa shape index (κ2) is 9.80. The number of carbonyl (C=O) groups excluding carboxylic acids is 1. The summed E-state index contributed by atoms with van der Waals surface area (Å²) in [6.07, 6.45) is 3.86. The van der Waals surface area contributed by atoms with Gasteiger partial charge in [-0.15, -0.1) is 0 Å². The van der Waals surface area contributed by atoms with E-state index in [0.29, 0.717) is 16.1 Å². The molecule has 0 radical (unpaired) electrons. The molecule has 0 unspecified atom stereocenters. The molecular weight excluding hydrogens is 435 g/mol. The third-order valence-corrected chi connectivity index (χ3v) is 6.56. The smallest absolute Gasteiger partial charge is 0.251 e. The summed E-state index contributed by atoms with van der Waals surface area (Å²) in [5.74, 6) is -0.223. The van der Waals surface area contributed by atoms with Crippen molar-refractivity contribution in [2.75, 3.05) is 7.05 Å². The molecule has 0 bridgehead atoms. The summed E-state index contributed by atoms with van der Waals surface area (Å²) in [4.78, 5) is 15.2. The summed E-state index contributed by atoms with van der Waals surface area (Å²) in [5, 5.41) is 4.25. The molecule has 4 rings (SSSR count). The number of aromatic amines is 1. The molecule has 0 saturated carbocycles. The molecule has 3 aromatic carbocycles. The van der Waals surface area contributed by atoms with Crippen LogP contribution >= 0.6 is 11.6 Å². The predicted octanol–water partition coefficient (Wildman–Crippen LogP) is 7.34. The Morgan fingerprint density at radius 1 is 1.06 bits per heavy atom. The molecule has 2 N–H and O–H groups in total. The average Bonchev–Trinajstić information content (AvgIpc) is 3.23. The molecule has 5 heteroatoms. The zero-order valence-corrected chi connectivity index (χ0v) is 19.8. The maximum Gasteiger partial charge on any atom is 0.251 e. The lowest BCUT2D eigenvalue weighted by molar-refractivity contribution is 0.0963. The number of H-pyrrole nitrogens is 1. The van der Waals surface area contributed by atoms with Gasteiger partial charge in [0.25, 0.3) is 5.91 Å². The molecule has 3 nitrogen and oxygen atoms in total. The first-order valence-corrected chi connectivity index (χ1v) is 11.6. The normalized spacial score (nSPS) is 13.1. The minimum atomic E-state index is -0.243. The molecule has 0 fully saturated rings. The van der Waals surface area contributed by atoms with Crippen molar-refractivity contribution >= 4 is 28.4 Å². The number of aryl methyl sites for hydroxylation is 1. The first-order valence-electron chi connectivity index (χ1n) is 11.3. The van der Waals surface area contributed by atoms with E-state index < -0.39 is 0 Å². The van der Waals surface area contributed by atoms with Gasteiger partial charge in [-0.3, -0.25) is 4.79 Å². The van der Waals surface area contributed by atoms with E-state index >= 15 is 0 Å². The van der Waals surface area contributed by atoms with Gasteiger partial charge in [-0.25, -0.2) is 4.39 Å². The molecule has 0 aliphatic heterocycles. The van der Waals surface area contributed by atoms with Crippen molar-refractivity contribution in [1.82, 2.24) is 10.3 Å². The minimum Gasteiger partial charge on any atom is -0.358 e. The third kappa shape index (κ3) is 4.67. The van der Waals surface area contributed by atoms with E-state index in [1.54, 1.807) is 13.1 Å². The summed E-state index contributed by atoms with van der Waals surface area (Å²) < 4.78 is 14.7. The quantitative estimate of drug-likeness (QED) is 0.296. The Balaban J connectivity index is 1.89. The molecule has 4 aromatic rings. The number of rotatable bonds is 7. The SMILES string of the molecule is CCC[C@H](c1ccc(C(=O)NC)cc1)[C@H](c1ccc(Cl)cc1)c1c[nH]c2c(F)cc(C)cc12. The Morgan fingerprint density at radius 3 is 2.36 bits per heavy atom. The number of hydrogen-bond donors (Lipinski definition) is 2. The zero-order chi connectivity index (χ0) is 23.5. The van der Waals surface area contributed by atoms with E-state index in [1.807, 2.05) is 55.6 Å². The lowest BCUT2D eigenvalue weighted by Crippen LogP contribution is -2.18. The Labute approximate surface area is 199 Å². The summed E-state index contributed by atoms with van der Waals surface area (Å²) in [5.41, 5.74) is 5.37. The Kier molecular flexibility index (Phi) is 6.85. The third-order valence-electron chi connectivity index (χ3n) is 6.31. The van der Waals surface area contributed by atoms with Gasteiger partial charge in [0.2, 0.25) is 0 Å². The van der Waals surface area contributed by atoms with Gasteiger partial charge in [0, 0.05) is 35.1 Å². The number of fused-ring (bicyclic) bond motifs is 1. The standard InChI is InChI=1S/C28H28ClFN2O/c1-4-5-22(18-6-8-20(9-7-18)28(33)31-3)26(19-10-12-21(29)13-11-19)24-16-32-27-23(24)14-17(2)15-25(27)30/h6-16,22,26,32H,4-5H2,1-3H3,(H,31,33)/t22-,26+/m1/s1. The fourth-order valence-corrected chi connectivity index (χ4v) is 4.89. The highest BCUT2D eigenvalue weighted by atomic mass is 35.5. The van der Waals surface area contributed by atoms with Gasteiger partial charge < -0.3 is 10.3 Å². The summed E-state index contributed by atoms with van der Waals surface area (Å²) in [7, 11) is 1.63. The largest absolute Gasteiger partial charge is 0.358 e. The maximum atomic E-state index is 14.7. The van der Waals surface area contributed by atoms with Crippen molar-refractivity contribution in [1.29, 1.82) is 0 Å². The van der Waals surface area contributed by atoms with Crippen molar-refractivity contribution in [2.24, 2.45) is 0 Å².